The summed E-state index contributed by atoms with van der Waals surface area (Å²) in [6.45, 7) is 0. The lowest BCUT2D eigenvalue weighted by Crippen LogP contribution is -2.23. The van der Waals surface area contributed by atoms with Gasteiger partial charge in [-0.25, -0.2) is 0 Å². The molecular weight excluding hydrogens is 310 g/mol. The standard InChI is InChI=1S/C13H14BrN3S/c1-17-13(10(14)6-16-17)12(15)9-7-18-11-5-3-2-4-8(9)11/h2-6,9,12H,7,15H2,1H3. The Balaban J connectivity index is 1.98. The lowest BCUT2D eigenvalue weighted by atomic mass is 9.92. The number of hydrogen-bond acceptors (Lipinski definition) is 3. The molecule has 3 nitrogen and oxygen atoms in total. The van der Waals surface area contributed by atoms with Crippen molar-refractivity contribution in [2.75, 3.05) is 5.75 Å². The second-order valence-corrected chi connectivity index (χ2v) is 6.40. The summed E-state index contributed by atoms with van der Waals surface area (Å²) in [5, 5.41) is 4.25. The number of fused-ring (bicyclic) bond motifs is 1. The van der Waals surface area contributed by atoms with Crippen molar-refractivity contribution in [3.05, 3.63) is 46.2 Å². The van der Waals surface area contributed by atoms with Gasteiger partial charge in [-0.05, 0) is 27.6 Å². The Bertz CT molecular complexity index is 562. The number of rotatable bonds is 2. The van der Waals surface area contributed by atoms with Gasteiger partial charge >= 0.3 is 0 Å². The summed E-state index contributed by atoms with van der Waals surface area (Å²) in [4.78, 5) is 1.36. The summed E-state index contributed by atoms with van der Waals surface area (Å²) in [6, 6.07) is 8.50. The third kappa shape index (κ3) is 1.90. The molecule has 0 fully saturated rings. The first-order valence-electron chi connectivity index (χ1n) is 5.83. The first-order valence-corrected chi connectivity index (χ1v) is 7.61. The molecule has 5 heteroatoms. The van der Waals surface area contributed by atoms with Gasteiger partial charge in [0.25, 0.3) is 0 Å². The largest absolute Gasteiger partial charge is 0.322 e. The second-order valence-electron chi connectivity index (χ2n) is 4.48. The molecule has 0 saturated heterocycles. The van der Waals surface area contributed by atoms with Crippen molar-refractivity contribution < 1.29 is 0 Å². The van der Waals surface area contributed by atoms with Crippen molar-refractivity contribution in [1.82, 2.24) is 9.78 Å². The van der Waals surface area contributed by atoms with Crippen LogP contribution in [0.4, 0.5) is 0 Å². The predicted molar refractivity (Wildman–Crippen MR) is 77.7 cm³/mol. The summed E-state index contributed by atoms with van der Waals surface area (Å²) >= 11 is 5.42. The van der Waals surface area contributed by atoms with Gasteiger partial charge in [0.15, 0.2) is 0 Å². The third-order valence-corrected chi connectivity index (χ3v) is 5.24. The van der Waals surface area contributed by atoms with Crippen LogP contribution in [0.5, 0.6) is 0 Å². The number of hydrogen-bond donors (Lipinski definition) is 1. The number of thioether (sulfide) groups is 1. The Kier molecular flexibility index (Phi) is 3.21. The van der Waals surface area contributed by atoms with E-state index in [9.17, 15) is 0 Å². The average molecular weight is 324 g/mol. The molecule has 0 spiro atoms. The normalized spacial score (nSPS) is 19.8. The fourth-order valence-corrected chi connectivity index (χ4v) is 4.39. The van der Waals surface area contributed by atoms with E-state index in [1.165, 1.54) is 10.5 Å². The molecule has 0 saturated carbocycles. The maximum Gasteiger partial charge on any atom is 0.0696 e. The molecule has 1 aromatic carbocycles. The Morgan fingerprint density at radius 1 is 1.50 bits per heavy atom. The first-order chi connectivity index (χ1) is 8.68. The molecule has 0 bridgehead atoms. The van der Waals surface area contributed by atoms with Crippen LogP contribution < -0.4 is 5.73 Å². The van der Waals surface area contributed by atoms with Crippen LogP contribution in [0.3, 0.4) is 0 Å². The molecule has 1 aliphatic heterocycles. The Morgan fingerprint density at radius 3 is 3.00 bits per heavy atom. The van der Waals surface area contributed by atoms with E-state index in [1.807, 2.05) is 29.7 Å². The highest BCUT2D eigenvalue weighted by atomic mass is 79.9. The molecule has 1 aliphatic rings. The van der Waals surface area contributed by atoms with Crippen LogP contribution in [0, 0.1) is 0 Å². The monoisotopic (exact) mass is 323 g/mol. The van der Waals surface area contributed by atoms with E-state index in [0.717, 1.165) is 15.9 Å². The number of nitrogens with zero attached hydrogens (tertiary/aromatic N) is 2. The van der Waals surface area contributed by atoms with Gasteiger partial charge in [0.05, 0.1) is 22.4 Å². The molecule has 2 atom stereocenters. The highest BCUT2D eigenvalue weighted by molar-refractivity contribution is 9.10. The summed E-state index contributed by atoms with van der Waals surface area (Å²) in [5.74, 6) is 1.40. The molecule has 0 radical (unpaired) electrons. The Hall–Kier alpha value is -0.780. The molecule has 1 aromatic heterocycles. The van der Waals surface area contributed by atoms with Gasteiger partial charge in [-0.2, -0.15) is 5.10 Å². The molecule has 0 amide bonds. The van der Waals surface area contributed by atoms with Crippen LogP contribution in [-0.2, 0) is 7.05 Å². The van der Waals surface area contributed by atoms with Crippen molar-refractivity contribution in [1.29, 1.82) is 0 Å². The average Bonchev–Trinajstić information content (AvgIpc) is 2.93. The quantitative estimate of drug-likeness (QED) is 0.923. The molecule has 2 N–H and O–H groups in total. The van der Waals surface area contributed by atoms with Crippen LogP contribution >= 0.6 is 27.7 Å². The SMILES string of the molecule is Cn1ncc(Br)c1C(N)C1CSc2ccccc21. The van der Waals surface area contributed by atoms with Gasteiger partial charge in [-0.3, -0.25) is 4.68 Å². The number of aromatic nitrogens is 2. The van der Waals surface area contributed by atoms with E-state index in [-0.39, 0.29) is 6.04 Å². The van der Waals surface area contributed by atoms with Crippen LogP contribution in [0.2, 0.25) is 0 Å². The van der Waals surface area contributed by atoms with Crippen LogP contribution in [0.15, 0.2) is 39.8 Å². The molecule has 2 unspecified atom stereocenters. The van der Waals surface area contributed by atoms with Crippen molar-refractivity contribution >= 4 is 27.7 Å². The predicted octanol–water partition coefficient (Wildman–Crippen LogP) is 3.07. The maximum absolute atomic E-state index is 6.46. The maximum atomic E-state index is 6.46. The number of benzene rings is 1. The van der Waals surface area contributed by atoms with Crippen LogP contribution in [0.25, 0.3) is 0 Å². The second kappa shape index (κ2) is 4.72. The van der Waals surface area contributed by atoms with Crippen LogP contribution in [-0.4, -0.2) is 15.5 Å². The molecular formula is C13H14BrN3S. The zero-order chi connectivity index (χ0) is 12.7. The van der Waals surface area contributed by atoms with Gasteiger partial charge < -0.3 is 5.73 Å². The van der Waals surface area contributed by atoms with Crippen molar-refractivity contribution in [3.63, 3.8) is 0 Å². The highest BCUT2D eigenvalue weighted by Gasteiger charge is 2.31. The van der Waals surface area contributed by atoms with Gasteiger partial charge in [0, 0.05) is 23.6 Å². The lowest BCUT2D eigenvalue weighted by molar-refractivity contribution is 0.549. The zero-order valence-corrected chi connectivity index (χ0v) is 12.4. The molecule has 2 aromatic rings. The molecule has 0 aliphatic carbocycles. The van der Waals surface area contributed by atoms with Gasteiger partial charge in [-0.15, -0.1) is 11.8 Å². The fraction of sp³-hybridized carbons (Fsp3) is 0.308. The van der Waals surface area contributed by atoms with Crippen molar-refractivity contribution in [3.8, 4) is 0 Å². The summed E-state index contributed by atoms with van der Waals surface area (Å²) < 4.78 is 2.85. The fourth-order valence-electron chi connectivity index (χ4n) is 2.47. The zero-order valence-electron chi connectivity index (χ0n) is 10.0. The Morgan fingerprint density at radius 2 is 2.28 bits per heavy atom. The van der Waals surface area contributed by atoms with Gasteiger partial charge in [0.2, 0.25) is 0 Å². The number of nitrogens with two attached hydrogens (primary N) is 1. The number of aryl methyl sites for hydroxylation is 1. The highest BCUT2D eigenvalue weighted by Crippen LogP contribution is 2.45. The third-order valence-electron chi connectivity index (χ3n) is 3.42. The van der Waals surface area contributed by atoms with E-state index >= 15 is 0 Å². The smallest absolute Gasteiger partial charge is 0.0696 e. The molecule has 18 heavy (non-hydrogen) atoms. The minimum absolute atomic E-state index is 0.0250. The topological polar surface area (TPSA) is 43.8 Å². The first kappa shape index (κ1) is 12.3. The van der Waals surface area contributed by atoms with Crippen LogP contribution in [0.1, 0.15) is 23.2 Å². The van der Waals surface area contributed by atoms with Crippen molar-refractivity contribution in [2.45, 2.75) is 16.9 Å². The van der Waals surface area contributed by atoms with E-state index in [1.54, 1.807) is 0 Å². The van der Waals surface area contributed by atoms with Crippen molar-refractivity contribution in [2.24, 2.45) is 12.8 Å². The Labute approximate surface area is 119 Å². The van der Waals surface area contributed by atoms with E-state index < -0.39 is 0 Å². The van der Waals surface area contributed by atoms with E-state index in [2.05, 4.69) is 45.3 Å². The number of halogens is 1. The van der Waals surface area contributed by atoms with E-state index in [0.29, 0.717) is 5.92 Å². The molecule has 94 valence electrons. The van der Waals surface area contributed by atoms with Gasteiger partial charge in [-0.1, -0.05) is 18.2 Å². The van der Waals surface area contributed by atoms with Gasteiger partial charge in [0.1, 0.15) is 0 Å². The minimum Gasteiger partial charge on any atom is -0.322 e. The van der Waals surface area contributed by atoms with E-state index in [4.69, 9.17) is 5.73 Å². The minimum atomic E-state index is -0.0250. The summed E-state index contributed by atoms with van der Waals surface area (Å²) in [6.07, 6.45) is 1.81. The molecule has 3 rings (SSSR count). The lowest BCUT2D eigenvalue weighted by Gasteiger charge is -2.20. The summed E-state index contributed by atoms with van der Waals surface area (Å²) in [5.41, 5.74) is 8.89. The summed E-state index contributed by atoms with van der Waals surface area (Å²) in [7, 11) is 1.94. The molecule has 2 heterocycles.